The second kappa shape index (κ2) is 5.75. The summed E-state index contributed by atoms with van der Waals surface area (Å²) in [5.74, 6) is -1.28. The zero-order valence-corrected chi connectivity index (χ0v) is 12.7. The fraction of sp³-hybridized carbons (Fsp3) is 0.400. The molecule has 118 valence electrons. The SMILES string of the molecule is Cc1ccc(CNC(=O)CN2C(=O)NC(C)(C)C2=O)cc1F. The lowest BCUT2D eigenvalue weighted by atomic mass is 10.1. The van der Waals surface area contributed by atoms with Gasteiger partial charge >= 0.3 is 6.03 Å². The number of amides is 4. The van der Waals surface area contributed by atoms with Gasteiger partial charge in [-0.25, -0.2) is 9.18 Å². The van der Waals surface area contributed by atoms with Crippen molar-refractivity contribution in [3.8, 4) is 0 Å². The van der Waals surface area contributed by atoms with Crippen LogP contribution in [0.2, 0.25) is 0 Å². The van der Waals surface area contributed by atoms with Crippen molar-refractivity contribution in [1.82, 2.24) is 15.5 Å². The van der Waals surface area contributed by atoms with Crippen LogP contribution in [0, 0.1) is 12.7 Å². The van der Waals surface area contributed by atoms with Crippen molar-refractivity contribution in [2.75, 3.05) is 6.54 Å². The minimum absolute atomic E-state index is 0.128. The van der Waals surface area contributed by atoms with E-state index in [0.717, 1.165) is 4.90 Å². The number of rotatable bonds is 4. The minimum Gasteiger partial charge on any atom is -0.350 e. The third-order valence-corrected chi connectivity index (χ3v) is 3.47. The van der Waals surface area contributed by atoms with Gasteiger partial charge in [0.05, 0.1) is 0 Å². The highest BCUT2D eigenvalue weighted by molar-refractivity contribution is 6.08. The molecule has 0 atom stereocenters. The van der Waals surface area contributed by atoms with Crippen LogP contribution in [-0.4, -0.2) is 34.8 Å². The van der Waals surface area contributed by atoms with Crippen LogP contribution < -0.4 is 10.6 Å². The van der Waals surface area contributed by atoms with Gasteiger partial charge in [-0.05, 0) is 38.0 Å². The monoisotopic (exact) mass is 307 g/mol. The molecule has 2 N–H and O–H groups in total. The van der Waals surface area contributed by atoms with E-state index in [4.69, 9.17) is 0 Å². The molecule has 1 aliphatic rings. The zero-order valence-electron chi connectivity index (χ0n) is 12.7. The maximum atomic E-state index is 13.4. The number of carbonyl (C=O) groups excluding carboxylic acids is 3. The van der Waals surface area contributed by atoms with Gasteiger partial charge in [-0.2, -0.15) is 0 Å². The van der Waals surface area contributed by atoms with E-state index in [9.17, 15) is 18.8 Å². The quantitative estimate of drug-likeness (QED) is 0.817. The molecule has 1 aliphatic heterocycles. The van der Waals surface area contributed by atoms with E-state index in [-0.39, 0.29) is 18.9 Å². The Morgan fingerprint density at radius 1 is 1.36 bits per heavy atom. The van der Waals surface area contributed by atoms with E-state index in [1.54, 1.807) is 32.9 Å². The van der Waals surface area contributed by atoms with E-state index in [0.29, 0.717) is 11.1 Å². The van der Waals surface area contributed by atoms with Gasteiger partial charge in [-0.15, -0.1) is 0 Å². The number of aryl methyl sites for hydroxylation is 1. The van der Waals surface area contributed by atoms with E-state index in [1.807, 2.05) is 0 Å². The average molecular weight is 307 g/mol. The molecule has 2 rings (SSSR count). The number of urea groups is 1. The number of hydrogen-bond donors (Lipinski definition) is 2. The van der Waals surface area contributed by atoms with Crippen molar-refractivity contribution in [3.63, 3.8) is 0 Å². The van der Waals surface area contributed by atoms with Crippen LogP contribution in [0.25, 0.3) is 0 Å². The number of halogens is 1. The van der Waals surface area contributed by atoms with Crippen molar-refractivity contribution in [2.45, 2.75) is 32.9 Å². The highest BCUT2D eigenvalue weighted by Crippen LogP contribution is 2.16. The predicted molar refractivity (Wildman–Crippen MR) is 77.3 cm³/mol. The van der Waals surface area contributed by atoms with Gasteiger partial charge in [0.2, 0.25) is 5.91 Å². The van der Waals surface area contributed by atoms with Gasteiger partial charge in [-0.1, -0.05) is 12.1 Å². The first-order chi connectivity index (χ1) is 10.2. The minimum atomic E-state index is -1.00. The lowest BCUT2D eigenvalue weighted by Gasteiger charge is -2.15. The Morgan fingerprint density at radius 3 is 2.59 bits per heavy atom. The summed E-state index contributed by atoms with van der Waals surface area (Å²) in [6, 6.07) is 4.07. The Bertz CT molecular complexity index is 643. The Hall–Kier alpha value is -2.44. The number of benzene rings is 1. The molecule has 0 spiro atoms. The van der Waals surface area contributed by atoms with Crippen molar-refractivity contribution in [3.05, 3.63) is 35.1 Å². The van der Waals surface area contributed by atoms with Crippen molar-refractivity contribution >= 4 is 17.8 Å². The molecule has 0 saturated carbocycles. The molecule has 22 heavy (non-hydrogen) atoms. The van der Waals surface area contributed by atoms with Gasteiger partial charge in [0.15, 0.2) is 0 Å². The summed E-state index contributed by atoms with van der Waals surface area (Å²) in [6.45, 7) is 4.56. The third kappa shape index (κ3) is 3.24. The number of nitrogens with one attached hydrogen (secondary N) is 2. The molecule has 4 amide bonds. The molecule has 6 nitrogen and oxygen atoms in total. The summed E-state index contributed by atoms with van der Waals surface area (Å²) in [5.41, 5.74) is 0.128. The largest absolute Gasteiger partial charge is 0.350 e. The van der Waals surface area contributed by atoms with Crippen LogP contribution >= 0.6 is 0 Å². The van der Waals surface area contributed by atoms with Crippen molar-refractivity contribution < 1.29 is 18.8 Å². The van der Waals surface area contributed by atoms with Crippen molar-refractivity contribution in [2.24, 2.45) is 0 Å². The Balaban J connectivity index is 1.92. The first kappa shape index (κ1) is 15.9. The van der Waals surface area contributed by atoms with E-state index >= 15 is 0 Å². The second-order valence-corrected chi connectivity index (χ2v) is 5.81. The van der Waals surface area contributed by atoms with Crippen LogP contribution in [0.1, 0.15) is 25.0 Å². The molecule has 1 fully saturated rings. The van der Waals surface area contributed by atoms with Crippen LogP contribution in [0.5, 0.6) is 0 Å². The maximum Gasteiger partial charge on any atom is 0.325 e. The number of imide groups is 1. The smallest absolute Gasteiger partial charge is 0.325 e. The first-order valence-electron chi connectivity index (χ1n) is 6.86. The number of nitrogens with zero attached hydrogens (tertiary/aromatic N) is 1. The van der Waals surface area contributed by atoms with Crippen LogP contribution in [0.4, 0.5) is 9.18 Å². The molecule has 0 aliphatic carbocycles. The molecular weight excluding hydrogens is 289 g/mol. The highest BCUT2D eigenvalue weighted by Gasteiger charge is 2.44. The van der Waals surface area contributed by atoms with E-state index < -0.39 is 23.4 Å². The molecule has 7 heteroatoms. The lowest BCUT2D eigenvalue weighted by Crippen LogP contribution is -2.43. The maximum absolute atomic E-state index is 13.4. The van der Waals surface area contributed by atoms with Crippen LogP contribution in [-0.2, 0) is 16.1 Å². The Labute approximate surface area is 127 Å². The molecule has 0 aromatic heterocycles. The summed E-state index contributed by atoms with van der Waals surface area (Å²) in [5, 5.41) is 5.06. The standard InChI is InChI=1S/C15H18FN3O3/c1-9-4-5-10(6-11(9)16)7-17-12(20)8-19-13(21)15(2,3)18-14(19)22/h4-6H,7-8H2,1-3H3,(H,17,20)(H,18,22). The van der Waals surface area contributed by atoms with E-state index in [1.165, 1.54) is 6.07 Å². The number of carbonyl (C=O) groups is 3. The highest BCUT2D eigenvalue weighted by atomic mass is 19.1. The second-order valence-electron chi connectivity index (χ2n) is 5.81. The van der Waals surface area contributed by atoms with E-state index in [2.05, 4.69) is 10.6 Å². The zero-order chi connectivity index (χ0) is 16.5. The summed E-state index contributed by atoms with van der Waals surface area (Å²) in [7, 11) is 0. The fourth-order valence-electron chi connectivity index (χ4n) is 2.11. The van der Waals surface area contributed by atoms with Crippen molar-refractivity contribution in [1.29, 1.82) is 0 Å². The molecule has 1 aromatic carbocycles. The van der Waals surface area contributed by atoms with Gasteiger partial charge in [-0.3, -0.25) is 14.5 Å². The van der Waals surface area contributed by atoms with Gasteiger partial charge < -0.3 is 10.6 Å². The summed E-state index contributed by atoms with van der Waals surface area (Å²) < 4.78 is 13.4. The van der Waals surface area contributed by atoms with Gasteiger partial charge in [0.25, 0.3) is 5.91 Å². The van der Waals surface area contributed by atoms with Crippen LogP contribution in [0.3, 0.4) is 0 Å². The Morgan fingerprint density at radius 2 is 2.05 bits per heavy atom. The van der Waals surface area contributed by atoms with Gasteiger partial charge in [0, 0.05) is 6.54 Å². The third-order valence-electron chi connectivity index (χ3n) is 3.47. The Kier molecular flexibility index (Phi) is 4.16. The molecule has 0 bridgehead atoms. The molecule has 1 heterocycles. The topological polar surface area (TPSA) is 78.5 Å². The molecule has 1 aromatic rings. The molecular formula is C15H18FN3O3. The summed E-state index contributed by atoms with van der Waals surface area (Å²) >= 11 is 0. The molecule has 0 unspecified atom stereocenters. The van der Waals surface area contributed by atoms with Gasteiger partial charge in [0.1, 0.15) is 17.9 Å². The predicted octanol–water partition coefficient (Wildman–Crippen LogP) is 1.08. The lowest BCUT2D eigenvalue weighted by molar-refractivity contribution is -0.134. The van der Waals surface area contributed by atoms with Crippen LogP contribution in [0.15, 0.2) is 18.2 Å². The molecule has 1 saturated heterocycles. The first-order valence-corrected chi connectivity index (χ1v) is 6.86. The normalized spacial score (nSPS) is 16.6. The average Bonchev–Trinajstić information content (AvgIpc) is 2.62. The summed E-state index contributed by atoms with van der Waals surface area (Å²) in [4.78, 5) is 36.3. The number of hydrogen-bond acceptors (Lipinski definition) is 3. The molecule has 0 radical (unpaired) electrons. The summed E-state index contributed by atoms with van der Waals surface area (Å²) in [6.07, 6.45) is 0. The fourth-order valence-corrected chi connectivity index (χ4v) is 2.11.